The first-order valence-corrected chi connectivity index (χ1v) is 12.1. The average molecular weight is 471 g/mol. The topological polar surface area (TPSA) is 98.3 Å². The lowest BCUT2D eigenvalue weighted by molar-refractivity contribution is -0.121. The van der Waals surface area contributed by atoms with E-state index in [0.717, 1.165) is 41.0 Å². The van der Waals surface area contributed by atoms with Gasteiger partial charge in [0.2, 0.25) is 5.91 Å². The van der Waals surface area contributed by atoms with Crippen LogP contribution in [0.1, 0.15) is 19.3 Å². The first kappa shape index (κ1) is 22.9. The van der Waals surface area contributed by atoms with E-state index in [9.17, 15) is 4.79 Å². The number of benzene rings is 2. The van der Waals surface area contributed by atoms with E-state index in [1.54, 1.807) is 0 Å². The Bertz CT molecular complexity index is 1280. The minimum absolute atomic E-state index is 0.0429. The number of hydrogen-bond acceptors (Lipinski definition) is 6. The Balaban J connectivity index is 1.29. The van der Waals surface area contributed by atoms with Crippen LogP contribution >= 0.6 is 0 Å². The summed E-state index contributed by atoms with van der Waals surface area (Å²) in [4.78, 5) is 23.7. The average Bonchev–Trinajstić information content (AvgIpc) is 3.52. The highest BCUT2D eigenvalue weighted by Gasteiger charge is 2.17. The van der Waals surface area contributed by atoms with Gasteiger partial charge in [0.15, 0.2) is 0 Å². The number of aromatic nitrogens is 3. The molecular formula is C27H30N6O2. The molecule has 1 amide bonds. The number of para-hydroxylation sites is 1. The van der Waals surface area contributed by atoms with Gasteiger partial charge in [0, 0.05) is 18.3 Å². The lowest BCUT2D eigenvalue weighted by Crippen LogP contribution is -2.31. The summed E-state index contributed by atoms with van der Waals surface area (Å²) in [5.41, 5.74) is 8.70. The van der Waals surface area contributed by atoms with E-state index >= 15 is 0 Å². The lowest BCUT2D eigenvalue weighted by atomic mass is 10.1. The molecule has 0 bridgehead atoms. The van der Waals surface area contributed by atoms with Gasteiger partial charge in [0.1, 0.15) is 35.8 Å². The fourth-order valence-corrected chi connectivity index (χ4v) is 4.56. The van der Waals surface area contributed by atoms with Crippen molar-refractivity contribution in [2.45, 2.75) is 25.8 Å². The molecule has 8 heteroatoms. The van der Waals surface area contributed by atoms with Crippen molar-refractivity contribution in [2.24, 2.45) is 0 Å². The Kier molecular flexibility index (Phi) is 6.90. The van der Waals surface area contributed by atoms with Gasteiger partial charge in [-0.1, -0.05) is 30.3 Å². The van der Waals surface area contributed by atoms with Crippen molar-refractivity contribution < 1.29 is 9.53 Å². The molecule has 0 spiro atoms. The van der Waals surface area contributed by atoms with Crippen LogP contribution in [0.5, 0.6) is 11.5 Å². The van der Waals surface area contributed by atoms with Crippen LogP contribution in [-0.4, -0.2) is 51.5 Å². The normalized spacial score (nSPS) is 13.8. The summed E-state index contributed by atoms with van der Waals surface area (Å²) in [5.74, 6) is 1.86. The van der Waals surface area contributed by atoms with E-state index < -0.39 is 0 Å². The summed E-state index contributed by atoms with van der Waals surface area (Å²) in [6.07, 6.45) is 6.87. The van der Waals surface area contributed by atoms with Crippen molar-refractivity contribution in [3.8, 4) is 22.6 Å². The molecule has 1 saturated heterocycles. The van der Waals surface area contributed by atoms with Gasteiger partial charge in [-0.05, 0) is 68.7 Å². The van der Waals surface area contributed by atoms with E-state index in [1.165, 1.54) is 32.3 Å². The Labute approximate surface area is 204 Å². The Morgan fingerprint density at radius 3 is 2.51 bits per heavy atom. The monoisotopic (exact) mass is 470 g/mol. The summed E-state index contributed by atoms with van der Waals surface area (Å²) < 4.78 is 7.75. The summed E-state index contributed by atoms with van der Waals surface area (Å²) >= 11 is 0. The van der Waals surface area contributed by atoms with Crippen molar-refractivity contribution in [2.75, 3.05) is 31.9 Å². The van der Waals surface area contributed by atoms with Crippen molar-refractivity contribution in [3.63, 3.8) is 0 Å². The summed E-state index contributed by atoms with van der Waals surface area (Å²) in [6.45, 7) is 4.22. The maximum atomic E-state index is 12.7. The largest absolute Gasteiger partial charge is 0.457 e. The van der Waals surface area contributed by atoms with Crippen LogP contribution in [0.4, 0.5) is 5.82 Å². The quantitative estimate of drug-likeness (QED) is 0.358. The van der Waals surface area contributed by atoms with Crippen molar-refractivity contribution in [1.82, 2.24) is 24.8 Å². The molecular weight excluding hydrogens is 440 g/mol. The molecule has 2 aromatic heterocycles. The molecule has 0 unspecified atom stereocenters. The van der Waals surface area contributed by atoms with Crippen LogP contribution in [0.15, 0.2) is 67.1 Å². The van der Waals surface area contributed by atoms with Gasteiger partial charge in [-0.3, -0.25) is 4.79 Å². The highest BCUT2D eigenvalue weighted by molar-refractivity contribution is 6.01. The number of rotatable bonds is 9. The van der Waals surface area contributed by atoms with Crippen molar-refractivity contribution in [1.29, 1.82) is 0 Å². The fourth-order valence-electron chi connectivity index (χ4n) is 4.56. The number of carbonyl (C=O) groups is 1. The van der Waals surface area contributed by atoms with Crippen molar-refractivity contribution in [3.05, 3.63) is 67.1 Å². The van der Waals surface area contributed by atoms with Crippen LogP contribution in [0.25, 0.3) is 22.2 Å². The number of likely N-dealkylation sites (tertiary alicyclic amines) is 1. The van der Waals surface area contributed by atoms with E-state index in [2.05, 4.69) is 20.2 Å². The molecule has 8 nitrogen and oxygen atoms in total. The number of nitrogens with zero attached hydrogens (tertiary/aromatic N) is 4. The molecule has 180 valence electrons. The molecule has 0 saturated carbocycles. The minimum Gasteiger partial charge on any atom is -0.457 e. The molecule has 1 aliphatic rings. The first-order valence-electron chi connectivity index (χ1n) is 12.1. The van der Waals surface area contributed by atoms with Gasteiger partial charge in [0.25, 0.3) is 0 Å². The maximum absolute atomic E-state index is 12.7. The summed E-state index contributed by atoms with van der Waals surface area (Å²) in [7, 11) is 0. The predicted molar refractivity (Wildman–Crippen MR) is 137 cm³/mol. The fraction of sp³-hybridized carbons (Fsp3) is 0.296. The number of amides is 1. The molecule has 3 N–H and O–H groups in total. The SMILES string of the molecule is Nc1ncnc2c1c(-c1ccc(Oc3ccccc3)cc1)cn2CC(=O)NCCCN1CCCC1. The number of nitrogens with two attached hydrogens (primary N) is 1. The van der Waals surface area contributed by atoms with E-state index in [0.29, 0.717) is 18.0 Å². The molecule has 35 heavy (non-hydrogen) atoms. The first-order chi connectivity index (χ1) is 17.2. The smallest absolute Gasteiger partial charge is 0.239 e. The second-order valence-corrected chi connectivity index (χ2v) is 8.82. The van der Waals surface area contributed by atoms with E-state index in [4.69, 9.17) is 10.5 Å². The van der Waals surface area contributed by atoms with Gasteiger partial charge in [-0.2, -0.15) is 0 Å². The maximum Gasteiger partial charge on any atom is 0.239 e. The molecule has 0 aliphatic carbocycles. The molecule has 5 rings (SSSR count). The third-order valence-electron chi connectivity index (χ3n) is 6.31. The second-order valence-electron chi connectivity index (χ2n) is 8.82. The Morgan fingerprint density at radius 1 is 1.00 bits per heavy atom. The number of nitrogen functional groups attached to an aromatic ring is 1. The number of hydrogen-bond donors (Lipinski definition) is 2. The molecule has 2 aromatic carbocycles. The van der Waals surface area contributed by atoms with Crippen LogP contribution in [0.3, 0.4) is 0 Å². The number of fused-ring (bicyclic) bond motifs is 1. The summed E-state index contributed by atoms with van der Waals surface area (Å²) in [6, 6.07) is 17.4. The lowest BCUT2D eigenvalue weighted by Gasteiger charge is -2.14. The predicted octanol–water partition coefficient (Wildman–Crippen LogP) is 4.07. The highest BCUT2D eigenvalue weighted by Crippen LogP contribution is 2.34. The third-order valence-corrected chi connectivity index (χ3v) is 6.31. The minimum atomic E-state index is -0.0429. The van der Waals surface area contributed by atoms with Gasteiger partial charge >= 0.3 is 0 Å². The molecule has 3 heterocycles. The van der Waals surface area contributed by atoms with Gasteiger partial charge in [0.05, 0.1) is 5.39 Å². The van der Waals surface area contributed by atoms with Crippen LogP contribution in [0.2, 0.25) is 0 Å². The molecule has 0 radical (unpaired) electrons. The van der Waals surface area contributed by atoms with Crippen LogP contribution in [-0.2, 0) is 11.3 Å². The van der Waals surface area contributed by atoms with E-state index in [1.807, 2.05) is 65.4 Å². The molecule has 1 aliphatic heterocycles. The summed E-state index contributed by atoms with van der Waals surface area (Å²) in [5, 5.41) is 3.78. The number of ether oxygens (including phenoxy) is 1. The number of anilines is 1. The molecule has 4 aromatic rings. The van der Waals surface area contributed by atoms with Gasteiger partial charge in [-0.15, -0.1) is 0 Å². The Morgan fingerprint density at radius 2 is 1.74 bits per heavy atom. The Hall–Kier alpha value is -3.91. The zero-order valence-electron chi connectivity index (χ0n) is 19.7. The molecule has 1 fully saturated rings. The highest BCUT2D eigenvalue weighted by atomic mass is 16.5. The zero-order chi connectivity index (χ0) is 24.0. The number of carbonyl (C=O) groups excluding carboxylic acids is 1. The van der Waals surface area contributed by atoms with Crippen LogP contribution < -0.4 is 15.8 Å². The number of nitrogens with one attached hydrogen (secondary N) is 1. The van der Waals surface area contributed by atoms with Crippen molar-refractivity contribution >= 4 is 22.8 Å². The van der Waals surface area contributed by atoms with Gasteiger partial charge in [-0.25, -0.2) is 9.97 Å². The van der Waals surface area contributed by atoms with Gasteiger partial charge < -0.3 is 25.3 Å². The third kappa shape index (κ3) is 5.44. The van der Waals surface area contributed by atoms with Crippen LogP contribution in [0, 0.1) is 0 Å². The standard InChI is InChI=1S/C27H30N6O2/c28-26-25-23(20-9-11-22(12-10-20)35-21-7-2-1-3-8-21)17-33(27(25)31-19-30-26)18-24(34)29-13-6-16-32-14-4-5-15-32/h1-3,7-12,17,19H,4-6,13-16,18H2,(H,29,34)(H2,28,30,31). The zero-order valence-corrected chi connectivity index (χ0v) is 19.7. The molecule has 0 atom stereocenters. The van der Waals surface area contributed by atoms with E-state index in [-0.39, 0.29) is 12.5 Å². The second kappa shape index (κ2) is 10.6.